The summed E-state index contributed by atoms with van der Waals surface area (Å²) in [5.41, 5.74) is 5.66. The van der Waals surface area contributed by atoms with E-state index in [9.17, 15) is 9.50 Å². The second-order valence-corrected chi connectivity index (χ2v) is 6.91. The molecule has 134 valence electrons. The minimum Gasteiger partial charge on any atom is -0.371 e. The number of aliphatic hydroxyl groups is 1. The van der Waals surface area contributed by atoms with E-state index in [2.05, 4.69) is 26.8 Å². The van der Waals surface area contributed by atoms with Crippen LogP contribution < -0.4 is 5.73 Å². The largest absolute Gasteiger partial charge is 0.371 e. The molecule has 4 aromatic rings. The van der Waals surface area contributed by atoms with Crippen LogP contribution in [0.15, 0.2) is 48.2 Å². The summed E-state index contributed by atoms with van der Waals surface area (Å²) in [6, 6.07) is 6.39. The number of nitrogens with zero attached hydrogens (tertiary/aromatic N) is 4. The van der Waals surface area contributed by atoms with E-state index in [0.29, 0.717) is 16.3 Å². The third-order valence-corrected chi connectivity index (χ3v) is 4.95. The molecule has 0 radical (unpaired) electrons. The monoisotopic (exact) mass is 379 g/mol. The second kappa shape index (κ2) is 6.46. The molecule has 8 heteroatoms. The Hall–Kier alpha value is -3.28. The van der Waals surface area contributed by atoms with E-state index in [1.807, 2.05) is 6.07 Å². The number of anilines is 1. The number of fused-ring (bicyclic) bond motifs is 1. The third-order valence-electron chi connectivity index (χ3n) is 3.96. The average molecular weight is 379 g/mol. The first kappa shape index (κ1) is 17.1. The van der Waals surface area contributed by atoms with Crippen LogP contribution >= 0.6 is 11.3 Å². The maximum atomic E-state index is 14.3. The second-order valence-electron chi connectivity index (χ2n) is 6.02. The zero-order valence-corrected chi connectivity index (χ0v) is 15.0. The first-order valence-electron chi connectivity index (χ1n) is 7.99. The van der Waals surface area contributed by atoms with Gasteiger partial charge in [0, 0.05) is 35.0 Å². The number of halogens is 1. The fourth-order valence-electron chi connectivity index (χ4n) is 2.60. The molecule has 0 aliphatic heterocycles. The van der Waals surface area contributed by atoms with Crippen molar-refractivity contribution in [3.63, 3.8) is 0 Å². The van der Waals surface area contributed by atoms with Crippen molar-refractivity contribution in [2.24, 2.45) is 0 Å². The van der Waals surface area contributed by atoms with Crippen molar-refractivity contribution >= 4 is 28.3 Å². The number of nitrogen functional groups attached to an aromatic ring is 1. The predicted molar refractivity (Wildman–Crippen MR) is 102 cm³/mol. The van der Waals surface area contributed by atoms with Crippen LogP contribution in [0.2, 0.25) is 0 Å². The summed E-state index contributed by atoms with van der Waals surface area (Å²) in [7, 11) is 0. The van der Waals surface area contributed by atoms with Crippen molar-refractivity contribution in [1.82, 2.24) is 19.5 Å². The van der Waals surface area contributed by atoms with Gasteiger partial charge in [0.25, 0.3) is 0 Å². The Bertz CT molecular complexity index is 1190. The van der Waals surface area contributed by atoms with E-state index in [-0.39, 0.29) is 11.5 Å². The Morgan fingerprint density at radius 3 is 2.93 bits per heavy atom. The van der Waals surface area contributed by atoms with Crippen LogP contribution in [0.4, 0.5) is 10.3 Å². The van der Waals surface area contributed by atoms with Crippen LogP contribution in [0.1, 0.15) is 17.5 Å². The van der Waals surface area contributed by atoms with Crippen LogP contribution in [0.5, 0.6) is 0 Å². The number of aromatic nitrogens is 4. The lowest BCUT2D eigenvalue weighted by molar-refractivity contribution is 0.122. The Kier molecular flexibility index (Phi) is 4.11. The number of benzene rings is 1. The highest BCUT2D eigenvalue weighted by Crippen LogP contribution is 2.23. The average Bonchev–Trinajstić information content (AvgIpc) is 3.31. The van der Waals surface area contributed by atoms with Crippen LogP contribution in [0.25, 0.3) is 16.7 Å². The van der Waals surface area contributed by atoms with Crippen molar-refractivity contribution in [2.75, 3.05) is 5.73 Å². The summed E-state index contributed by atoms with van der Waals surface area (Å²) >= 11 is 1.29. The van der Waals surface area contributed by atoms with Crippen LogP contribution in [-0.4, -0.2) is 24.6 Å². The van der Waals surface area contributed by atoms with E-state index < -0.39 is 11.4 Å². The predicted octanol–water partition coefficient (Wildman–Crippen LogP) is 2.86. The first-order valence-corrected chi connectivity index (χ1v) is 8.87. The maximum Gasteiger partial charge on any atom is 0.221 e. The van der Waals surface area contributed by atoms with Crippen LogP contribution in [-0.2, 0) is 5.60 Å². The molecule has 1 unspecified atom stereocenters. The van der Waals surface area contributed by atoms with Gasteiger partial charge >= 0.3 is 0 Å². The molecule has 0 bridgehead atoms. The smallest absolute Gasteiger partial charge is 0.221 e. The normalized spacial score (nSPS) is 13.1. The number of nitrogens with two attached hydrogens (primary N) is 1. The lowest BCUT2D eigenvalue weighted by atomic mass is 10.1. The van der Waals surface area contributed by atoms with E-state index in [4.69, 9.17) is 5.73 Å². The molecular formula is C19H14FN5OS. The number of hydrogen-bond donors (Lipinski definition) is 2. The Morgan fingerprint density at radius 1 is 1.30 bits per heavy atom. The standard InChI is InChI=1S/C19H14FN5OS/c1-19(26,17-22-7-9-27-17)6-4-12-10-14(2-3-15(12)20)25-8-5-13-11-23-18(21)24-16(13)25/h2-3,5,7-11,26H,1H3,(H2,21,23,24). The molecule has 6 nitrogen and oxygen atoms in total. The van der Waals surface area contributed by atoms with Gasteiger partial charge in [0.15, 0.2) is 5.60 Å². The minimum atomic E-state index is -1.46. The Labute approximate surface area is 158 Å². The SMILES string of the molecule is CC(O)(C#Cc1cc(-n2ccc3cnc(N)nc32)ccc1F)c1nccs1. The van der Waals surface area contributed by atoms with Gasteiger partial charge in [-0.1, -0.05) is 11.8 Å². The van der Waals surface area contributed by atoms with Crippen molar-refractivity contribution < 1.29 is 9.50 Å². The number of rotatable bonds is 2. The van der Waals surface area contributed by atoms with Crippen molar-refractivity contribution in [3.8, 4) is 17.5 Å². The molecule has 0 aliphatic carbocycles. The summed E-state index contributed by atoms with van der Waals surface area (Å²) in [5.74, 6) is 5.10. The molecule has 0 saturated heterocycles. The molecule has 0 spiro atoms. The molecular weight excluding hydrogens is 365 g/mol. The molecule has 0 amide bonds. The fraction of sp³-hybridized carbons (Fsp3) is 0.105. The van der Waals surface area contributed by atoms with Crippen molar-refractivity contribution in [3.05, 3.63) is 64.6 Å². The van der Waals surface area contributed by atoms with Gasteiger partial charge < -0.3 is 15.4 Å². The number of hydrogen-bond acceptors (Lipinski definition) is 6. The van der Waals surface area contributed by atoms with Gasteiger partial charge in [0.1, 0.15) is 16.5 Å². The molecule has 3 N–H and O–H groups in total. The van der Waals surface area contributed by atoms with E-state index in [1.165, 1.54) is 24.3 Å². The van der Waals surface area contributed by atoms with Gasteiger partial charge in [0.05, 0.1) is 5.56 Å². The summed E-state index contributed by atoms with van der Waals surface area (Å²) in [6.07, 6.45) is 5.01. The molecule has 0 saturated carbocycles. The molecule has 4 rings (SSSR count). The summed E-state index contributed by atoms with van der Waals surface area (Å²) in [4.78, 5) is 12.3. The minimum absolute atomic E-state index is 0.157. The zero-order chi connectivity index (χ0) is 19.0. The molecule has 1 atom stereocenters. The fourth-order valence-corrected chi connectivity index (χ4v) is 3.26. The molecule has 0 aliphatic rings. The highest BCUT2D eigenvalue weighted by atomic mass is 32.1. The maximum absolute atomic E-state index is 14.3. The van der Waals surface area contributed by atoms with E-state index in [0.717, 1.165) is 5.39 Å². The van der Waals surface area contributed by atoms with Crippen LogP contribution in [0, 0.1) is 17.7 Å². The lowest BCUT2D eigenvalue weighted by Gasteiger charge is -2.12. The van der Waals surface area contributed by atoms with Gasteiger partial charge in [-0.3, -0.25) is 0 Å². The quantitative estimate of drug-likeness (QED) is 0.523. The van der Waals surface area contributed by atoms with Crippen LogP contribution in [0.3, 0.4) is 0 Å². The van der Waals surface area contributed by atoms with Crippen molar-refractivity contribution in [1.29, 1.82) is 0 Å². The molecule has 3 aromatic heterocycles. The van der Waals surface area contributed by atoms with Crippen molar-refractivity contribution in [2.45, 2.75) is 12.5 Å². The molecule has 0 fully saturated rings. The van der Waals surface area contributed by atoms with Gasteiger partial charge in [-0.05, 0) is 31.2 Å². The molecule has 27 heavy (non-hydrogen) atoms. The summed E-state index contributed by atoms with van der Waals surface area (Å²) in [6.45, 7) is 1.53. The summed E-state index contributed by atoms with van der Waals surface area (Å²) < 4.78 is 16.0. The zero-order valence-electron chi connectivity index (χ0n) is 14.2. The number of thiazole rings is 1. The Balaban J connectivity index is 1.77. The van der Waals surface area contributed by atoms with Gasteiger partial charge in [0.2, 0.25) is 5.95 Å². The molecule has 1 aromatic carbocycles. The molecule has 3 heterocycles. The summed E-state index contributed by atoms with van der Waals surface area (Å²) in [5, 5.41) is 13.5. The highest BCUT2D eigenvalue weighted by molar-refractivity contribution is 7.09. The van der Waals surface area contributed by atoms with E-state index in [1.54, 1.807) is 40.7 Å². The third kappa shape index (κ3) is 3.26. The lowest BCUT2D eigenvalue weighted by Crippen LogP contribution is -2.18. The topological polar surface area (TPSA) is 89.8 Å². The first-order chi connectivity index (χ1) is 12.9. The van der Waals surface area contributed by atoms with E-state index >= 15 is 0 Å². The van der Waals surface area contributed by atoms with Gasteiger partial charge in [-0.25, -0.2) is 14.4 Å². The van der Waals surface area contributed by atoms with Gasteiger partial charge in [-0.15, -0.1) is 11.3 Å². The Morgan fingerprint density at radius 2 is 2.15 bits per heavy atom. The van der Waals surface area contributed by atoms with Gasteiger partial charge in [-0.2, -0.15) is 4.98 Å². The highest BCUT2D eigenvalue weighted by Gasteiger charge is 2.23.